The molecular weight excluding hydrogens is 359 g/mol. The van der Waals surface area contributed by atoms with Gasteiger partial charge in [0.05, 0.1) is 5.69 Å². The first-order chi connectivity index (χ1) is 11.9. The van der Waals surface area contributed by atoms with Gasteiger partial charge in [-0.15, -0.1) is 11.8 Å². The average molecular weight is 375 g/mol. The van der Waals surface area contributed by atoms with E-state index in [-0.39, 0.29) is 16.2 Å². The molecule has 3 aromatic rings. The van der Waals surface area contributed by atoms with E-state index in [9.17, 15) is 12.8 Å². The SMILES string of the molecule is [CH2]c1cc(-c2ccccc2F)n(S(=O)(=O)c2cncc(SCC)c2)c1. The number of hydrogen-bond acceptors (Lipinski definition) is 4. The minimum absolute atomic E-state index is 0.0548. The van der Waals surface area contributed by atoms with Crippen molar-refractivity contribution in [2.75, 3.05) is 5.75 Å². The lowest BCUT2D eigenvalue weighted by Gasteiger charge is -2.11. The lowest BCUT2D eigenvalue weighted by atomic mass is 10.1. The van der Waals surface area contributed by atoms with Gasteiger partial charge < -0.3 is 0 Å². The van der Waals surface area contributed by atoms with Crippen molar-refractivity contribution in [1.29, 1.82) is 0 Å². The molecule has 0 spiro atoms. The van der Waals surface area contributed by atoms with Gasteiger partial charge in [0.15, 0.2) is 0 Å². The van der Waals surface area contributed by atoms with E-state index in [0.717, 1.165) is 14.6 Å². The second kappa shape index (κ2) is 7.01. The van der Waals surface area contributed by atoms with Crippen molar-refractivity contribution < 1.29 is 12.8 Å². The minimum atomic E-state index is -3.92. The first-order valence-corrected chi connectivity index (χ1v) is 9.98. The standard InChI is InChI=1S/C18H16FN2O2S2/c1-3-24-14-9-15(11-20-10-14)25(22,23)21-12-13(2)8-18(21)16-6-4-5-7-17(16)19/h4-12H,2-3H2,1H3. The monoisotopic (exact) mass is 375 g/mol. The zero-order valence-electron chi connectivity index (χ0n) is 13.5. The van der Waals surface area contributed by atoms with Crippen molar-refractivity contribution >= 4 is 21.8 Å². The number of rotatable bonds is 5. The molecule has 0 aliphatic carbocycles. The molecule has 0 saturated heterocycles. The van der Waals surface area contributed by atoms with Gasteiger partial charge in [-0.3, -0.25) is 4.98 Å². The lowest BCUT2D eigenvalue weighted by molar-refractivity contribution is 0.587. The van der Waals surface area contributed by atoms with Gasteiger partial charge in [-0.25, -0.2) is 16.8 Å². The molecule has 0 amide bonds. The first kappa shape index (κ1) is 17.7. The Balaban J connectivity index is 2.16. The van der Waals surface area contributed by atoms with Crippen LogP contribution in [0.5, 0.6) is 0 Å². The fourth-order valence-corrected chi connectivity index (χ4v) is 4.59. The summed E-state index contributed by atoms with van der Waals surface area (Å²) in [5.74, 6) is 0.309. The number of nitrogens with zero attached hydrogens (tertiary/aromatic N) is 2. The third kappa shape index (κ3) is 3.48. The van der Waals surface area contributed by atoms with Crippen molar-refractivity contribution in [1.82, 2.24) is 8.96 Å². The molecule has 2 heterocycles. The molecule has 0 N–H and O–H groups in total. The quantitative estimate of drug-likeness (QED) is 0.627. The highest BCUT2D eigenvalue weighted by Crippen LogP contribution is 2.29. The Morgan fingerprint density at radius 1 is 1.24 bits per heavy atom. The predicted octanol–water partition coefficient (Wildman–Crippen LogP) is 4.22. The zero-order chi connectivity index (χ0) is 18.0. The van der Waals surface area contributed by atoms with Gasteiger partial charge in [0, 0.05) is 29.0 Å². The molecule has 0 bridgehead atoms. The Bertz CT molecular complexity index is 1010. The van der Waals surface area contributed by atoms with Gasteiger partial charge in [-0.05, 0) is 42.5 Å². The summed E-state index contributed by atoms with van der Waals surface area (Å²) in [7, 11) is -3.92. The van der Waals surface area contributed by atoms with Crippen LogP contribution in [0.25, 0.3) is 11.3 Å². The molecule has 0 saturated carbocycles. The molecule has 2 aromatic heterocycles. The topological polar surface area (TPSA) is 52.0 Å². The van der Waals surface area contributed by atoms with Crippen LogP contribution in [0.1, 0.15) is 12.5 Å². The smallest absolute Gasteiger partial charge is 0.262 e. The summed E-state index contributed by atoms with van der Waals surface area (Å²) in [5.41, 5.74) is 0.915. The van der Waals surface area contributed by atoms with Crippen LogP contribution < -0.4 is 0 Å². The predicted molar refractivity (Wildman–Crippen MR) is 97.5 cm³/mol. The molecule has 1 radical (unpaired) electrons. The molecule has 0 fully saturated rings. The van der Waals surface area contributed by atoms with Crippen LogP contribution in [0, 0.1) is 12.7 Å². The second-order valence-corrected chi connectivity index (χ2v) is 8.46. The molecule has 1 aromatic carbocycles. The van der Waals surface area contributed by atoms with Crippen LogP contribution in [-0.2, 0) is 10.0 Å². The zero-order valence-corrected chi connectivity index (χ0v) is 15.1. The number of benzene rings is 1. The number of aromatic nitrogens is 2. The maximum atomic E-state index is 14.2. The highest BCUT2D eigenvalue weighted by Gasteiger charge is 2.23. The van der Waals surface area contributed by atoms with Crippen LogP contribution in [0.15, 0.2) is 64.8 Å². The molecule has 4 nitrogen and oxygen atoms in total. The second-order valence-electron chi connectivity index (χ2n) is 5.30. The highest BCUT2D eigenvalue weighted by atomic mass is 32.2. The van der Waals surface area contributed by atoms with E-state index in [1.54, 1.807) is 30.5 Å². The Labute approximate surface area is 150 Å². The molecular formula is C18H16FN2O2S2. The van der Waals surface area contributed by atoms with E-state index in [1.807, 2.05) is 6.92 Å². The lowest BCUT2D eigenvalue weighted by Crippen LogP contribution is -2.14. The van der Waals surface area contributed by atoms with Gasteiger partial charge in [0.25, 0.3) is 10.0 Å². The van der Waals surface area contributed by atoms with Gasteiger partial charge in [-0.2, -0.15) is 0 Å². The van der Waals surface area contributed by atoms with Gasteiger partial charge in [-0.1, -0.05) is 19.1 Å². The Kier molecular flexibility index (Phi) is 4.96. The van der Waals surface area contributed by atoms with Crippen LogP contribution >= 0.6 is 11.8 Å². The summed E-state index contributed by atoms with van der Waals surface area (Å²) >= 11 is 1.50. The number of thioether (sulfide) groups is 1. The Morgan fingerprint density at radius 3 is 2.72 bits per heavy atom. The summed E-state index contributed by atoms with van der Waals surface area (Å²) in [6.45, 7) is 5.76. The highest BCUT2D eigenvalue weighted by molar-refractivity contribution is 7.99. The van der Waals surface area contributed by atoms with E-state index < -0.39 is 15.8 Å². The molecule has 0 atom stereocenters. The van der Waals surface area contributed by atoms with Crippen LogP contribution in [-0.4, -0.2) is 23.1 Å². The van der Waals surface area contributed by atoms with Crippen LogP contribution in [0.4, 0.5) is 4.39 Å². The van der Waals surface area contributed by atoms with Crippen molar-refractivity contribution in [2.45, 2.75) is 16.7 Å². The fourth-order valence-electron chi connectivity index (χ4n) is 2.46. The van der Waals surface area contributed by atoms with Crippen LogP contribution in [0.3, 0.4) is 0 Å². The van der Waals surface area contributed by atoms with Crippen LogP contribution in [0.2, 0.25) is 0 Å². The van der Waals surface area contributed by atoms with E-state index in [1.165, 1.54) is 36.3 Å². The Hall–Kier alpha value is -2.12. The molecule has 129 valence electrons. The van der Waals surface area contributed by atoms with Crippen molar-refractivity contribution in [3.63, 3.8) is 0 Å². The normalized spacial score (nSPS) is 11.6. The number of hydrogen-bond donors (Lipinski definition) is 0. The van der Waals surface area contributed by atoms with Gasteiger partial charge in [0.1, 0.15) is 10.7 Å². The molecule has 7 heteroatoms. The Morgan fingerprint density at radius 2 is 2.00 bits per heavy atom. The van der Waals surface area contributed by atoms with E-state index in [2.05, 4.69) is 11.9 Å². The van der Waals surface area contributed by atoms with E-state index >= 15 is 0 Å². The number of halogens is 1. The summed E-state index contributed by atoms with van der Waals surface area (Å²) in [6, 6.07) is 9.17. The molecule has 0 aliphatic rings. The van der Waals surface area contributed by atoms with Crippen molar-refractivity contribution in [3.05, 3.63) is 73.3 Å². The van der Waals surface area contributed by atoms with Gasteiger partial charge >= 0.3 is 0 Å². The van der Waals surface area contributed by atoms with E-state index in [0.29, 0.717) is 5.56 Å². The van der Waals surface area contributed by atoms with Crippen molar-refractivity contribution in [2.24, 2.45) is 0 Å². The van der Waals surface area contributed by atoms with Gasteiger partial charge in [0.2, 0.25) is 0 Å². The maximum Gasteiger partial charge on any atom is 0.269 e. The maximum absolute atomic E-state index is 14.2. The largest absolute Gasteiger partial charge is 0.269 e. The third-order valence-corrected chi connectivity index (χ3v) is 6.03. The van der Waals surface area contributed by atoms with Crippen molar-refractivity contribution in [3.8, 4) is 11.3 Å². The summed E-state index contributed by atoms with van der Waals surface area (Å²) in [4.78, 5) is 4.84. The first-order valence-electron chi connectivity index (χ1n) is 7.56. The molecule has 25 heavy (non-hydrogen) atoms. The molecule has 0 aliphatic heterocycles. The summed E-state index contributed by atoms with van der Waals surface area (Å²) in [5, 5.41) is 0. The fraction of sp³-hybridized carbons (Fsp3) is 0.111. The average Bonchev–Trinajstić information content (AvgIpc) is 2.98. The number of pyridine rings is 1. The molecule has 3 rings (SSSR count). The summed E-state index contributed by atoms with van der Waals surface area (Å²) < 4.78 is 41.4. The summed E-state index contributed by atoms with van der Waals surface area (Å²) in [6.07, 6.45) is 4.30. The third-order valence-electron chi connectivity index (χ3n) is 3.55. The van der Waals surface area contributed by atoms with E-state index in [4.69, 9.17) is 0 Å². The molecule has 0 unspecified atom stereocenters. The minimum Gasteiger partial charge on any atom is -0.262 e.